The van der Waals surface area contributed by atoms with Gasteiger partial charge in [0.05, 0.1) is 4.91 Å². The fourth-order valence-corrected chi connectivity index (χ4v) is 6.07. The summed E-state index contributed by atoms with van der Waals surface area (Å²) in [7, 11) is 0. The average molecular weight is 437 g/mol. The Morgan fingerprint density at radius 3 is 2.77 bits per heavy atom. The third-order valence-electron chi connectivity index (χ3n) is 6.02. The first-order chi connectivity index (χ1) is 14.5. The fourth-order valence-electron chi connectivity index (χ4n) is 4.81. The molecule has 30 heavy (non-hydrogen) atoms. The van der Waals surface area contributed by atoms with E-state index in [0.717, 1.165) is 22.2 Å². The zero-order valence-electron chi connectivity index (χ0n) is 16.2. The minimum atomic E-state index is -1.07. The SMILES string of the molecule is O=C(O)CN1C(=O)/C(=C\c2ccc3c(c2)[C@@H]2CCC[C@@H]2N3c2ccccc2)SC1=S. The molecule has 0 spiro atoms. The summed E-state index contributed by atoms with van der Waals surface area (Å²) >= 11 is 6.36. The Morgan fingerprint density at radius 2 is 2.00 bits per heavy atom. The first-order valence-electron chi connectivity index (χ1n) is 9.98. The lowest BCUT2D eigenvalue weighted by atomic mass is 9.96. The van der Waals surface area contributed by atoms with Gasteiger partial charge in [-0.05, 0) is 54.3 Å². The van der Waals surface area contributed by atoms with E-state index < -0.39 is 12.5 Å². The minimum Gasteiger partial charge on any atom is -0.480 e. The molecule has 0 radical (unpaired) electrons. The van der Waals surface area contributed by atoms with E-state index >= 15 is 0 Å². The molecular formula is C23H20N2O3S2. The molecule has 2 aliphatic heterocycles. The van der Waals surface area contributed by atoms with Crippen LogP contribution in [-0.2, 0) is 9.59 Å². The molecule has 0 unspecified atom stereocenters. The number of carboxylic acids is 1. The van der Waals surface area contributed by atoms with Crippen molar-refractivity contribution in [3.8, 4) is 0 Å². The molecule has 2 fully saturated rings. The molecule has 1 N–H and O–H groups in total. The highest BCUT2D eigenvalue weighted by Gasteiger charge is 2.42. The lowest BCUT2D eigenvalue weighted by Crippen LogP contribution is -2.33. The topological polar surface area (TPSA) is 60.9 Å². The van der Waals surface area contributed by atoms with Crippen molar-refractivity contribution in [2.75, 3.05) is 11.4 Å². The van der Waals surface area contributed by atoms with Crippen LogP contribution in [0, 0.1) is 0 Å². The summed E-state index contributed by atoms with van der Waals surface area (Å²) in [6, 6.07) is 17.3. The minimum absolute atomic E-state index is 0.293. The second-order valence-corrected chi connectivity index (χ2v) is 9.47. The summed E-state index contributed by atoms with van der Waals surface area (Å²) in [6.45, 7) is -0.401. The number of benzene rings is 2. The van der Waals surface area contributed by atoms with E-state index in [1.807, 2.05) is 18.2 Å². The zero-order valence-corrected chi connectivity index (χ0v) is 17.8. The summed E-state index contributed by atoms with van der Waals surface area (Å²) in [6.07, 6.45) is 5.40. The number of nitrogens with zero attached hydrogens (tertiary/aromatic N) is 2. The number of para-hydroxylation sites is 1. The van der Waals surface area contributed by atoms with Crippen molar-refractivity contribution in [3.05, 3.63) is 64.6 Å². The van der Waals surface area contributed by atoms with Crippen LogP contribution < -0.4 is 4.90 Å². The van der Waals surface area contributed by atoms with Crippen LogP contribution in [-0.4, -0.2) is 38.8 Å². The number of thiocarbonyl (C=S) groups is 1. The molecule has 5 nitrogen and oxygen atoms in total. The van der Waals surface area contributed by atoms with Crippen LogP contribution >= 0.6 is 24.0 Å². The van der Waals surface area contributed by atoms with Gasteiger partial charge in [-0.1, -0.05) is 54.7 Å². The number of carbonyl (C=O) groups is 2. The number of fused-ring (bicyclic) bond motifs is 3. The van der Waals surface area contributed by atoms with Gasteiger partial charge in [-0.25, -0.2) is 0 Å². The van der Waals surface area contributed by atoms with Crippen molar-refractivity contribution >= 4 is 57.6 Å². The molecule has 0 aromatic heterocycles. The molecule has 2 aromatic rings. The molecule has 2 aromatic carbocycles. The number of carbonyl (C=O) groups excluding carboxylic acids is 1. The van der Waals surface area contributed by atoms with Gasteiger partial charge in [-0.3, -0.25) is 14.5 Å². The van der Waals surface area contributed by atoms with E-state index in [1.165, 1.54) is 36.2 Å². The standard InChI is InChI=1S/C23H20N2O3S2/c26-21(27)13-24-22(28)20(30-23(24)29)12-14-9-10-19-17(11-14)16-7-4-8-18(16)25(19)15-5-2-1-3-6-15/h1-3,5-6,9-12,16,18H,4,7-8,13H2,(H,26,27)/b20-12+/t16-,18-/m0/s1. The monoisotopic (exact) mass is 436 g/mol. The normalized spacial score (nSPS) is 23.9. The van der Waals surface area contributed by atoms with Gasteiger partial charge in [0.25, 0.3) is 5.91 Å². The van der Waals surface area contributed by atoms with E-state index in [1.54, 1.807) is 0 Å². The van der Waals surface area contributed by atoms with Crippen molar-refractivity contribution < 1.29 is 14.7 Å². The van der Waals surface area contributed by atoms with Crippen LogP contribution in [0.3, 0.4) is 0 Å². The van der Waals surface area contributed by atoms with Crippen LogP contribution in [0.2, 0.25) is 0 Å². The van der Waals surface area contributed by atoms with Crippen LogP contribution in [0.25, 0.3) is 6.08 Å². The number of amides is 1. The smallest absolute Gasteiger partial charge is 0.323 e. The van der Waals surface area contributed by atoms with Crippen molar-refractivity contribution in [2.45, 2.75) is 31.2 Å². The van der Waals surface area contributed by atoms with Gasteiger partial charge in [-0.2, -0.15) is 0 Å². The average Bonchev–Trinajstić information content (AvgIpc) is 3.38. The molecule has 1 saturated heterocycles. The van der Waals surface area contributed by atoms with Crippen LogP contribution in [0.4, 0.5) is 11.4 Å². The van der Waals surface area contributed by atoms with Crippen LogP contribution in [0.1, 0.15) is 36.3 Å². The lowest BCUT2D eigenvalue weighted by molar-refractivity contribution is -0.140. The molecule has 0 bridgehead atoms. The highest BCUT2D eigenvalue weighted by atomic mass is 32.2. The Kier molecular flexibility index (Phi) is 4.87. The first-order valence-corrected chi connectivity index (χ1v) is 11.2. The highest BCUT2D eigenvalue weighted by molar-refractivity contribution is 8.26. The van der Waals surface area contributed by atoms with Gasteiger partial charge < -0.3 is 10.0 Å². The van der Waals surface area contributed by atoms with E-state index in [-0.39, 0.29) is 5.91 Å². The maximum absolute atomic E-state index is 12.6. The van der Waals surface area contributed by atoms with E-state index in [0.29, 0.717) is 21.2 Å². The van der Waals surface area contributed by atoms with Crippen molar-refractivity contribution in [1.82, 2.24) is 4.90 Å². The number of carboxylic acid groups (broad SMARTS) is 1. The second-order valence-electron chi connectivity index (χ2n) is 7.79. The predicted octanol–water partition coefficient (Wildman–Crippen LogP) is 4.76. The Bertz CT molecular complexity index is 1080. The first kappa shape index (κ1) is 19.3. The maximum atomic E-state index is 12.6. The molecule has 2 heterocycles. The summed E-state index contributed by atoms with van der Waals surface area (Å²) < 4.78 is 0.293. The van der Waals surface area contributed by atoms with E-state index in [9.17, 15) is 9.59 Å². The third kappa shape index (κ3) is 3.22. The van der Waals surface area contributed by atoms with Crippen molar-refractivity contribution in [2.24, 2.45) is 0 Å². The largest absolute Gasteiger partial charge is 0.480 e. The number of anilines is 2. The van der Waals surface area contributed by atoms with Crippen LogP contribution in [0.5, 0.6) is 0 Å². The lowest BCUT2D eigenvalue weighted by Gasteiger charge is -2.27. The third-order valence-corrected chi connectivity index (χ3v) is 7.40. The quantitative estimate of drug-likeness (QED) is 0.551. The number of aliphatic carboxylic acids is 1. The molecule has 1 saturated carbocycles. The summed E-state index contributed by atoms with van der Waals surface area (Å²) in [5.74, 6) is -0.911. The second kappa shape index (κ2) is 7.56. The Hall–Kier alpha value is -2.64. The van der Waals surface area contributed by atoms with E-state index in [4.69, 9.17) is 17.3 Å². The summed E-state index contributed by atoms with van der Waals surface area (Å²) in [5, 5.41) is 9.01. The summed E-state index contributed by atoms with van der Waals surface area (Å²) in [4.78, 5) is 27.7. The molecule has 5 rings (SSSR count). The molecule has 152 valence electrons. The van der Waals surface area contributed by atoms with Crippen LogP contribution in [0.15, 0.2) is 53.4 Å². The zero-order chi connectivity index (χ0) is 20.8. The molecule has 2 atom stereocenters. The molecule has 7 heteroatoms. The van der Waals surface area contributed by atoms with Gasteiger partial charge in [-0.15, -0.1) is 0 Å². The number of rotatable bonds is 4. The van der Waals surface area contributed by atoms with Gasteiger partial charge in [0.15, 0.2) is 0 Å². The molecular weight excluding hydrogens is 416 g/mol. The molecule has 3 aliphatic rings. The van der Waals surface area contributed by atoms with Gasteiger partial charge >= 0.3 is 5.97 Å². The highest BCUT2D eigenvalue weighted by Crippen LogP contribution is 2.52. The summed E-state index contributed by atoms with van der Waals surface area (Å²) in [5.41, 5.74) is 4.74. The fraction of sp³-hybridized carbons (Fsp3) is 0.261. The van der Waals surface area contributed by atoms with Crippen molar-refractivity contribution in [3.63, 3.8) is 0 Å². The Balaban J connectivity index is 1.49. The Labute approximate surface area is 184 Å². The number of hydrogen-bond donors (Lipinski definition) is 1. The molecule has 1 aliphatic carbocycles. The molecule has 1 amide bonds. The van der Waals surface area contributed by atoms with Gasteiger partial charge in [0.1, 0.15) is 10.9 Å². The Morgan fingerprint density at radius 1 is 1.20 bits per heavy atom. The number of hydrogen-bond acceptors (Lipinski definition) is 5. The van der Waals surface area contributed by atoms with Crippen molar-refractivity contribution in [1.29, 1.82) is 0 Å². The maximum Gasteiger partial charge on any atom is 0.323 e. The van der Waals surface area contributed by atoms with Gasteiger partial charge in [0.2, 0.25) is 0 Å². The van der Waals surface area contributed by atoms with Gasteiger partial charge in [0, 0.05) is 23.3 Å². The number of thioether (sulfide) groups is 1. The van der Waals surface area contributed by atoms with E-state index in [2.05, 4.69) is 41.3 Å². The predicted molar refractivity (Wildman–Crippen MR) is 123 cm³/mol.